The van der Waals surface area contributed by atoms with E-state index in [1.807, 2.05) is 0 Å². The molecule has 0 saturated carbocycles. The number of hydrogen-bond acceptors (Lipinski definition) is 6. The molecule has 2 aromatic heterocycles. The lowest BCUT2D eigenvalue weighted by Gasteiger charge is -2.37. The van der Waals surface area contributed by atoms with Gasteiger partial charge in [0.2, 0.25) is 5.88 Å². The van der Waals surface area contributed by atoms with Gasteiger partial charge in [0.05, 0.1) is 23.4 Å². The quantitative estimate of drug-likeness (QED) is 0.375. The molecule has 0 aliphatic rings. The van der Waals surface area contributed by atoms with Gasteiger partial charge in [-0.2, -0.15) is 13.2 Å². The number of carboxylic acid groups (broad SMARTS) is 1. The lowest BCUT2D eigenvalue weighted by Crippen LogP contribution is -2.46. The molecule has 0 amide bonds. The SMILES string of the molecule is CC(c1ccc(Oc2cnc(C(=O)O)cn2)cc1Cl)C(O)(c1ccc2c(c1)n(C)c(=O)n2C)C(F)(F)F. The molecule has 0 radical (unpaired) electrons. The van der Waals surface area contributed by atoms with Crippen molar-refractivity contribution in [2.75, 3.05) is 0 Å². The molecular weight excluding hydrogens is 517 g/mol. The number of rotatable bonds is 6. The normalized spacial score (nSPS) is 14.4. The van der Waals surface area contributed by atoms with Crippen molar-refractivity contribution >= 4 is 28.6 Å². The first-order chi connectivity index (χ1) is 17.3. The van der Waals surface area contributed by atoms with E-state index >= 15 is 0 Å². The number of carbonyl (C=O) groups is 1. The molecule has 0 bridgehead atoms. The van der Waals surface area contributed by atoms with Gasteiger partial charge in [0, 0.05) is 25.0 Å². The number of aromatic carboxylic acids is 1. The predicted molar refractivity (Wildman–Crippen MR) is 127 cm³/mol. The van der Waals surface area contributed by atoms with Gasteiger partial charge in [-0.25, -0.2) is 19.6 Å². The summed E-state index contributed by atoms with van der Waals surface area (Å²) in [7, 11) is 2.93. The summed E-state index contributed by atoms with van der Waals surface area (Å²) in [6.45, 7) is 1.19. The number of hydrogen-bond donors (Lipinski definition) is 2. The summed E-state index contributed by atoms with van der Waals surface area (Å²) in [4.78, 5) is 30.6. The average molecular weight is 537 g/mol. The Morgan fingerprint density at radius 1 is 1.05 bits per heavy atom. The van der Waals surface area contributed by atoms with Crippen molar-refractivity contribution in [3.05, 3.63) is 81.1 Å². The van der Waals surface area contributed by atoms with E-state index in [9.17, 15) is 27.9 Å². The van der Waals surface area contributed by atoms with Gasteiger partial charge in [0.15, 0.2) is 11.3 Å². The Bertz CT molecular complexity index is 1570. The van der Waals surface area contributed by atoms with Gasteiger partial charge in [-0.15, -0.1) is 0 Å². The number of benzene rings is 2. The number of aryl methyl sites for hydroxylation is 2. The van der Waals surface area contributed by atoms with Crippen molar-refractivity contribution in [1.29, 1.82) is 0 Å². The number of imidazole rings is 1. The molecule has 0 aliphatic heterocycles. The Kier molecular flexibility index (Phi) is 6.51. The second-order valence-electron chi connectivity index (χ2n) is 8.42. The van der Waals surface area contributed by atoms with E-state index in [1.165, 1.54) is 54.4 Å². The van der Waals surface area contributed by atoms with Crippen LogP contribution in [0.15, 0.2) is 53.6 Å². The van der Waals surface area contributed by atoms with Crippen LogP contribution in [-0.2, 0) is 19.7 Å². The van der Waals surface area contributed by atoms with E-state index in [0.29, 0.717) is 5.52 Å². The molecule has 2 N–H and O–H groups in total. The van der Waals surface area contributed by atoms with Gasteiger partial charge >= 0.3 is 17.8 Å². The summed E-state index contributed by atoms with van der Waals surface area (Å²) >= 11 is 6.32. The highest BCUT2D eigenvalue weighted by Crippen LogP contribution is 2.50. The standard InChI is InChI=1S/C24H20ClF3N4O5/c1-12(15-6-5-14(9-16(15)25)37-20-11-29-17(10-30-20)21(33)34)23(36,24(26,27)28)13-4-7-18-19(8-13)32(3)22(35)31(18)2/h4-12,36H,1-3H3,(H,33,34). The summed E-state index contributed by atoms with van der Waals surface area (Å²) in [6.07, 6.45) is -3.05. The highest BCUT2D eigenvalue weighted by molar-refractivity contribution is 6.31. The summed E-state index contributed by atoms with van der Waals surface area (Å²) in [5.41, 5.74) is -3.89. The fourth-order valence-corrected chi connectivity index (χ4v) is 4.48. The third kappa shape index (κ3) is 4.42. The van der Waals surface area contributed by atoms with E-state index in [4.69, 9.17) is 21.4 Å². The Hall–Kier alpha value is -3.90. The molecular formula is C24H20ClF3N4O5. The highest BCUT2D eigenvalue weighted by Gasteiger charge is 2.59. The molecule has 4 aromatic rings. The molecule has 4 rings (SSSR count). The zero-order valence-electron chi connectivity index (χ0n) is 19.6. The van der Waals surface area contributed by atoms with Crippen LogP contribution >= 0.6 is 11.6 Å². The molecule has 0 aliphatic carbocycles. The monoisotopic (exact) mass is 536 g/mol. The van der Waals surface area contributed by atoms with Crippen LogP contribution in [0.25, 0.3) is 11.0 Å². The van der Waals surface area contributed by atoms with Gasteiger partial charge in [0.1, 0.15) is 5.75 Å². The zero-order valence-corrected chi connectivity index (χ0v) is 20.4. The average Bonchev–Trinajstić information content (AvgIpc) is 3.06. The maximum Gasteiger partial charge on any atom is 0.422 e. The van der Waals surface area contributed by atoms with Crippen molar-refractivity contribution in [3.63, 3.8) is 0 Å². The molecule has 9 nitrogen and oxygen atoms in total. The fraction of sp³-hybridized carbons (Fsp3) is 0.250. The van der Waals surface area contributed by atoms with E-state index < -0.39 is 34.9 Å². The number of aliphatic hydroxyl groups is 1. The van der Waals surface area contributed by atoms with Crippen molar-refractivity contribution in [2.45, 2.75) is 24.6 Å². The highest BCUT2D eigenvalue weighted by atomic mass is 35.5. The first-order valence-corrected chi connectivity index (χ1v) is 11.1. The molecule has 13 heteroatoms. The second-order valence-corrected chi connectivity index (χ2v) is 8.83. The topological polar surface area (TPSA) is 119 Å². The fourth-order valence-electron chi connectivity index (χ4n) is 4.15. The minimum atomic E-state index is -5.10. The van der Waals surface area contributed by atoms with Crippen LogP contribution in [-0.4, -0.2) is 41.5 Å². The summed E-state index contributed by atoms with van der Waals surface area (Å²) in [5, 5.41) is 20.0. The van der Waals surface area contributed by atoms with Crippen LogP contribution < -0.4 is 10.4 Å². The van der Waals surface area contributed by atoms with E-state index in [2.05, 4.69) is 9.97 Å². The molecule has 2 heterocycles. The zero-order chi connectivity index (χ0) is 27.3. The summed E-state index contributed by atoms with van der Waals surface area (Å²) < 4.78 is 51.3. The summed E-state index contributed by atoms with van der Waals surface area (Å²) in [5.74, 6) is -2.79. The molecule has 0 saturated heterocycles. The lowest BCUT2D eigenvalue weighted by atomic mass is 9.77. The van der Waals surface area contributed by atoms with Crippen molar-refractivity contribution in [1.82, 2.24) is 19.1 Å². The van der Waals surface area contributed by atoms with Gasteiger partial charge in [-0.1, -0.05) is 30.7 Å². The summed E-state index contributed by atoms with van der Waals surface area (Å²) in [6, 6.07) is 7.51. The Morgan fingerprint density at radius 2 is 1.73 bits per heavy atom. The molecule has 0 spiro atoms. The molecule has 2 atom stereocenters. The van der Waals surface area contributed by atoms with Gasteiger partial charge in [-0.3, -0.25) is 9.13 Å². The van der Waals surface area contributed by atoms with Crippen LogP contribution in [0.5, 0.6) is 11.6 Å². The van der Waals surface area contributed by atoms with Gasteiger partial charge in [0.25, 0.3) is 0 Å². The Balaban J connectivity index is 1.72. The van der Waals surface area contributed by atoms with Crippen molar-refractivity contribution in [2.24, 2.45) is 14.1 Å². The van der Waals surface area contributed by atoms with E-state index in [0.717, 1.165) is 24.5 Å². The maximum absolute atomic E-state index is 14.5. The Labute approximate surface area is 212 Å². The van der Waals surface area contributed by atoms with Crippen LogP contribution in [0.1, 0.15) is 34.5 Å². The van der Waals surface area contributed by atoms with Crippen LogP contribution in [0.4, 0.5) is 13.2 Å². The number of nitrogens with zero attached hydrogens (tertiary/aromatic N) is 4. The number of carboxylic acids is 1. The predicted octanol–water partition coefficient (Wildman–Crippen LogP) is 4.36. The first kappa shape index (κ1) is 26.2. The minimum absolute atomic E-state index is 0.0109. The van der Waals surface area contributed by atoms with Crippen LogP contribution in [0.3, 0.4) is 0 Å². The molecule has 2 aromatic carbocycles. The number of alkyl halides is 3. The van der Waals surface area contributed by atoms with Crippen molar-refractivity contribution < 1.29 is 32.9 Å². The van der Waals surface area contributed by atoms with Crippen LogP contribution in [0.2, 0.25) is 5.02 Å². The smallest absolute Gasteiger partial charge is 0.422 e. The van der Waals surface area contributed by atoms with Crippen molar-refractivity contribution in [3.8, 4) is 11.6 Å². The Morgan fingerprint density at radius 3 is 2.30 bits per heavy atom. The van der Waals surface area contributed by atoms with E-state index in [1.54, 1.807) is 0 Å². The minimum Gasteiger partial charge on any atom is -0.476 e. The number of fused-ring (bicyclic) bond motifs is 1. The number of aromatic nitrogens is 4. The number of ether oxygens (including phenoxy) is 1. The maximum atomic E-state index is 14.5. The largest absolute Gasteiger partial charge is 0.476 e. The molecule has 0 fully saturated rings. The second kappa shape index (κ2) is 9.20. The van der Waals surface area contributed by atoms with Crippen LogP contribution in [0, 0.1) is 0 Å². The molecule has 2 unspecified atom stereocenters. The third-order valence-corrected chi connectivity index (χ3v) is 6.61. The van der Waals surface area contributed by atoms with E-state index in [-0.39, 0.29) is 33.4 Å². The van der Waals surface area contributed by atoms with Gasteiger partial charge < -0.3 is 14.9 Å². The third-order valence-electron chi connectivity index (χ3n) is 6.28. The number of halogens is 4. The van der Waals surface area contributed by atoms with Gasteiger partial charge in [-0.05, 0) is 35.4 Å². The molecule has 194 valence electrons. The first-order valence-electron chi connectivity index (χ1n) is 10.7. The lowest BCUT2D eigenvalue weighted by molar-refractivity contribution is -0.274. The molecule has 37 heavy (non-hydrogen) atoms.